The van der Waals surface area contributed by atoms with Crippen LogP contribution in [-0.4, -0.2) is 51.1 Å². The maximum absolute atomic E-state index is 9.09. The number of hydrogen-bond acceptors (Lipinski definition) is 6. The van der Waals surface area contributed by atoms with Crippen LogP contribution in [0.15, 0.2) is 0 Å². The van der Waals surface area contributed by atoms with Crippen LogP contribution in [-0.2, 0) is 18.9 Å². The van der Waals surface area contributed by atoms with Gasteiger partial charge in [0.25, 0.3) is 0 Å². The van der Waals surface area contributed by atoms with E-state index in [-0.39, 0.29) is 18.0 Å². The van der Waals surface area contributed by atoms with Crippen molar-refractivity contribution in [2.75, 3.05) is 27.8 Å². The third-order valence-electron chi connectivity index (χ3n) is 11.9. The van der Waals surface area contributed by atoms with Crippen LogP contribution in [0.3, 0.4) is 0 Å². The molecule has 4 aliphatic rings. The molecule has 0 radical (unpaired) electrons. The van der Waals surface area contributed by atoms with Gasteiger partial charge in [-0.2, -0.15) is 0 Å². The van der Waals surface area contributed by atoms with Crippen LogP contribution in [0.5, 0.6) is 0 Å². The van der Waals surface area contributed by atoms with Gasteiger partial charge >= 0.3 is 0 Å². The first-order valence-electron chi connectivity index (χ1n) is 14.9. The van der Waals surface area contributed by atoms with Crippen molar-refractivity contribution in [3.05, 3.63) is 0 Å². The van der Waals surface area contributed by atoms with Crippen LogP contribution in [0.2, 0.25) is 0 Å². The number of amidine groups is 1. The van der Waals surface area contributed by atoms with E-state index in [1.165, 1.54) is 32.1 Å². The number of fused-ring (bicyclic) bond motifs is 5. The topological polar surface area (TPSA) is 93.0 Å². The van der Waals surface area contributed by atoms with Crippen molar-refractivity contribution in [3.63, 3.8) is 0 Å². The summed E-state index contributed by atoms with van der Waals surface area (Å²) in [5.41, 5.74) is 2.68. The molecule has 37 heavy (non-hydrogen) atoms. The highest BCUT2D eigenvalue weighted by Gasteiger charge is 2.65. The van der Waals surface area contributed by atoms with Crippen molar-refractivity contribution in [2.24, 2.45) is 52.3 Å². The Balaban J connectivity index is 1.61. The molecule has 4 rings (SSSR count). The van der Waals surface area contributed by atoms with E-state index in [0.29, 0.717) is 72.3 Å². The summed E-state index contributed by atoms with van der Waals surface area (Å²) in [6.45, 7) is 10.7. The molecule has 0 saturated heterocycles. The number of rotatable bonds is 11. The molecular weight excluding hydrogens is 468 g/mol. The van der Waals surface area contributed by atoms with Crippen molar-refractivity contribution >= 4 is 5.84 Å². The first-order valence-corrected chi connectivity index (χ1v) is 14.9. The zero-order valence-corrected chi connectivity index (χ0v) is 24.3. The van der Waals surface area contributed by atoms with E-state index in [1.54, 1.807) is 14.2 Å². The Morgan fingerprint density at radius 1 is 0.973 bits per heavy atom. The number of nitrogens with one attached hydrogen (secondary N) is 2. The molecule has 0 aliphatic heterocycles. The summed E-state index contributed by atoms with van der Waals surface area (Å²) in [5, 5.41) is 16.9. The number of methoxy groups -OCH3 is 2. The Labute approximate surface area is 225 Å². The van der Waals surface area contributed by atoms with Gasteiger partial charge in [-0.1, -0.05) is 34.1 Å². The fourth-order valence-electron chi connectivity index (χ4n) is 10.2. The molecule has 3 unspecified atom stereocenters. The van der Waals surface area contributed by atoms with Gasteiger partial charge in [0.05, 0.1) is 12.2 Å². The van der Waals surface area contributed by atoms with Crippen molar-refractivity contribution in [2.45, 2.75) is 104 Å². The molecule has 0 aromatic heterocycles. The summed E-state index contributed by atoms with van der Waals surface area (Å²) in [6, 6.07) is 0. The molecule has 0 heterocycles. The van der Waals surface area contributed by atoms with E-state index in [4.69, 9.17) is 29.6 Å². The van der Waals surface area contributed by atoms with Gasteiger partial charge in [-0.3, -0.25) is 16.1 Å². The number of hydroxylamine groups is 1. The highest BCUT2D eigenvalue weighted by Crippen LogP contribution is 2.70. The summed E-state index contributed by atoms with van der Waals surface area (Å²) in [5.74, 6) is 4.49. The standard InChI is InChI=1S/C30H54N2O5/c1-7-21-25-16-20(36-17-34-5)12-14-30(25,4)24-13-15-29(3)22(19(2)8-11-26(31)32-33)9-10-23(29)27(24)28(21)37-18-35-6/h19-25,27-28,33H,7-18H2,1-6H3,(H2,31,32)/t19-,20-,21-,22-,23?,24?,25+,27?,28-,29-,30-/m1/s1. The second-order valence-electron chi connectivity index (χ2n) is 13.3. The zero-order valence-electron chi connectivity index (χ0n) is 24.3. The maximum Gasteiger partial charge on any atom is 0.146 e. The van der Waals surface area contributed by atoms with E-state index in [1.807, 2.05) is 5.48 Å². The molecule has 4 fully saturated rings. The molecule has 0 spiro atoms. The molecule has 4 aliphatic carbocycles. The lowest BCUT2D eigenvalue weighted by Gasteiger charge is -2.65. The predicted molar refractivity (Wildman–Crippen MR) is 144 cm³/mol. The van der Waals surface area contributed by atoms with E-state index in [0.717, 1.165) is 25.7 Å². The van der Waals surface area contributed by atoms with Crippen LogP contribution in [0.1, 0.15) is 91.9 Å². The van der Waals surface area contributed by atoms with Gasteiger partial charge in [0.15, 0.2) is 0 Å². The molecule has 0 aromatic carbocycles. The molecular formula is C30H54N2O5. The average Bonchev–Trinajstić information content (AvgIpc) is 3.26. The van der Waals surface area contributed by atoms with Crippen LogP contribution in [0.4, 0.5) is 0 Å². The monoisotopic (exact) mass is 522 g/mol. The lowest BCUT2D eigenvalue weighted by Crippen LogP contribution is -2.63. The lowest BCUT2D eigenvalue weighted by molar-refractivity contribution is -0.239. The second-order valence-corrected chi connectivity index (χ2v) is 13.3. The van der Waals surface area contributed by atoms with Crippen molar-refractivity contribution in [1.29, 1.82) is 5.41 Å². The molecule has 3 N–H and O–H groups in total. The summed E-state index contributed by atoms with van der Waals surface area (Å²) in [6.07, 6.45) is 11.8. The third-order valence-corrected chi connectivity index (χ3v) is 11.9. The number of ether oxygens (including phenoxy) is 4. The Kier molecular flexibility index (Phi) is 9.65. The highest BCUT2D eigenvalue weighted by molar-refractivity contribution is 5.77. The normalized spacial score (nSPS) is 44.0. The minimum Gasteiger partial charge on any atom is -0.359 e. The van der Waals surface area contributed by atoms with Gasteiger partial charge in [0.1, 0.15) is 19.4 Å². The fraction of sp³-hybridized carbons (Fsp3) is 0.967. The Morgan fingerprint density at radius 3 is 2.32 bits per heavy atom. The summed E-state index contributed by atoms with van der Waals surface area (Å²) >= 11 is 0. The van der Waals surface area contributed by atoms with Gasteiger partial charge in [0, 0.05) is 20.6 Å². The smallest absolute Gasteiger partial charge is 0.146 e. The largest absolute Gasteiger partial charge is 0.359 e. The minimum absolute atomic E-state index is 0.227. The van der Waals surface area contributed by atoms with Gasteiger partial charge in [-0.05, 0) is 104 Å². The molecule has 214 valence electrons. The van der Waals surface area contributed by atoms with Crippen LogP contribution in [0.25, 0.3) is 0 Å². The molecule has 0 aromatic rings. The van der Waals surface area contributed by atoms with E-state index >= 15 is 0 Å². The SMILES string of the molecule is CC[C@H]1[C@@H](OCOC)C2C3CC[C@H]([C@H](C)CCC(=N)NO)[C@@]3(C)CCC2[C@@]2(C)CC[C@@H](OCOC)C[C@@H]12. The number of hydrogen-bond donors (Lipinski definition) is 3. The van der Waals surface area contributed by atoms with Crippen molar-refractivity contribution in [1.82, 2.24) is 5.48 Å². The van der Waals surface area contributed by atoms with Crippen LogP contribution < -0.4 is 5.48 Å². The van der Waals surface area contributed by atoms with Gasteiger partial charge in [-0.15, -0.1) is 0 Å². The van der Waals surface area contributed by atoms with Crippen molar-refractivity contribution < 1.29 is 24.2 Å². The minimum atomic E-state index is 0.227. The van der Waals surface area contributed by atoms with Crippen molar-refractivity contribution in [3.8, 4) is 0 Å². The first-order chi connectivity index (χ1) is 17.7. The lowest BCUT2D eigenvalue weighted by atomic mass is 9.41. The predicted octanol–water partition coefficient (Wildman–Crippen LogP) is 6.24. The summed E-state index contributed by atoms with van der Waals surface area (Å²) in [4.78, 5) is 0. The molecule has 7 nitrogen and oxygen atoms in total. The zero-order chi connectivity index (χ0) is 26.8. The van der Waals surface area contributed by atoms with Gasteiger partial charge in [-0.25, -0.2) is 0 Å². The van der Waals surface area contributed by atoms with E-state index in [2.05, 4.69) is 27.7 Å². The third kappa shape index (κ3) is 5.37. The summed E-state index contributed by atoms with van der Waals surface area (Å²) < 4.78 is 23.6. The Hall–Kier alpha value is -0.730. The fourth-order valence-corrected chi connectivity index (χ4v) is 10.2. The molecule has 4 saturated carbocycles. The Morgan fingerprint density at radius 2 is 1.65 bits per heavy atom. The molecule has 7 heteroatoms. The van der Waals surface area contributed by atoms with Crippen LogP contribution in [0, 0.1) is 57.7 Å². The van der Waals surface area contributed by atoms with Gasteiger partial charge < -0.3 is 18.9 Å². The van der Waals surface area contributed by atoms with E-state index in [9.17, 15) is 0 Å². The van der Waals surface area contributed by atoms with Gasteiger partial charge in [0.2, 0.25) is 0 Å². The second kappa shape index (κ2) is 12.2. The maximum atomic E-state index is 9.09. The Bertz CT molecular complexity index is 766. The quantitative estimate of drug-likeness (QED) is 0.129. The molecule has 11 atom stereocenters. The molecule has 0 bridgehead atoms. The summed E-state index contributed by atoms with van der Waals surface area (Å²) in [7, 11) is 3.46. The van der Waals surface area contributed by atoms with E-state index < -0.39 is 0 Å². The molecule has 0 amide bonds. The van der Waals surface area contributed by atoms with Crippen LogP contribution >= 0.6 is 0 Å². The highest BCUT2D eigenvalue weighted by atomic mass is 16.7. The average molecular weight is 523 g/mol. The first kappa shape index (κ1) is 29.3.